The van der Waals surface area contributed by atoms with Gasteiger partial charge >= 0.3 is 11.7 Å². The second kappa shape index (κ2) is 9.23. The first-order valence-electron chi connectivity index (χ1n) is 10.1. The Morgan fingerprint density at radius 2 is 2.07 bits per heavy atom. The molecule has 2 N–H and O–H groups in total. The number of ether oxygens (including phenoxy) is 1. The number of likely N-dealkylation sites (tertiary alicyclic amines) is 1. The van der Waals surface area contributed by atoms with E-state index in [2.05, 4.69) is 10.6 Å². The smallest absolute Gasteiger partial charge is 0.409 e. The van der Waals surface area contributed by atoms with Gasteiger partial charge in [-0.25, -0.2) is 9.59 Å². The normalized spacial score (nSPS) is 20.6. The zero-order valence-corrected chi connectivity index (χ0v) is 16.6. The van der Waals surface area contributed by atoms with E-state index in [0.717, 1.165) is 25.9 Å². The van der Waals surface area contributed by atoms with Crippen LogP contribution in [-0.2, 0) is 4.74 Å². The van der Waals surface area contributed by atoms with Gasteiger partial charge in [-0.05, 0) is 57.7 Å². The van der Waals surface area contributed by atoms with Crippen molar-refractivity contribution in [3.05, 3.63) is 33.4 Å². The Bertz CT molecular complexity index is 762. The van der Waals surface area contributed by atoms with Crippen molar-refractivity contribution >= 4 is 12.0 Å². The van der Waals surface area contributed by atoms with Gasteiger partial charge in [0, 0.05) is 31.6 Å². The third kappa shape index (κ3) is 4.73. The van der Waals surface area contributed by atoms with Crippen molar-refractivity contribution in [1.29, 1.82) is 0 Å². The number of hydrogen-bond donors (Lipinski definition) is 2. The minimum absolute atomic E-state index is 0.0698. The molecule has 0 aliphatic carbocycles. The van der Waals surface area contributed by atoms with Crippen LogP contribution in [0, 0.1) is 6.92 Å². The lowest BCUT2D eigenvalue weighted by molar-refractivity contribution is 0.0856. The number of aryl methyl sites for hydroxylation is 1. The van der Waals surface area contributed by atoms with Crippen LogP contribution in [0.1, 0.15) is 60.2 Å². The van der Waals surface area contributed by atoms with Gasteiger partial charge in [0.2, 0.25) is 0 Å². The lowest BCUT2D eigenvalue weighted by Crippen LogP contribution is -2.47. The first-order chi connectivity index (χ1) is 13.5. The Hall–Kier alpha value is -2.35. The van der Waals surface area contributed by atoms with Crippen molar-refractivity contribution in [2.24, 2.45) is 0 Å². The van der Waals surface area contributed by atoms with E-state index in [-0.39, 0.29) is 23.6 Å². The molecule has 1 aromatic rings. The zero-order chi connectivity index (χ0) is 20.1. The number of piperidine rings is 2. The summed E-state index contributed by atoms with van der Waals surface area (Å²) < 4.78 is 10.5. The summed E-state index contributed by atoms with van der Waals surface area (Å²) in [5.41, 5.74) is 0.126. The molecule has 2 aliphatic heterocycles. The van der Waals surface area contributed by atoms with Crippen molar-refractivity contribution in [1.82, 2.24) is 15.5 Å². The molecule has 0 spiro atoms. The number of rotatable bonds is 4. The second-order valence-corrected chi connectivity index (χ2v) is 7.47. The molecule has 8 heteroatoms. The van der Waals surface area contributed by atoms with Crippen LogP contribution in [0.5, 0.6) is 0 Å². The highest BCUT2D eigenvalue weighted by Crippen LogP contribution is 2.23. The Balaban J connectivity index is 1.62. The Morgan fingerprint density at radius 1 is 1.32 bits per heavy atom. The van der Waals surface area contributed by atoms with Gasteiger partial charge in [-0.15, -0.1) is 0 Å². The summed E-state index contributed by atoms with van der Waals surface area (Å²) in [6.07, 6.45) is 2.94. The van der Waals surface area contributed by atoms with E-state index in [1.807, 2.05) is 6.07 Å². The van der Waals surface area contributed by atoms with E-state index in [9.17, 15) is 14.4 Å². The molecule has 0 saturated carbocycles. The topological polar surface area (TPSA) is 101 Å². The highest BCUT2D eigenvalue weighted by atomic mass is 16.6. The molecule has 0 bridgehead atoms. The quantitative estimate of drug-likeness (QED) is 0.811. The van der Waals surface area contributed by atoms with Crippen LogP contribution in [-0.4, -0.2) is 55.7 Å². The van der Waals surface area contributed by atoms with Gasteiger partial charge in [-0.1, -0.05) is 0 Å². The maximum atomic E-state index is 12.7. The summed E-state index contributed by atoms with van der Waals surface area (Å²) in [5, 5.41) is 6.22. The third-order valence-corrected chi connectivity index (χ3v) is 5.45. The highest BCUT2D eigenvalue weighted by molar-refractivity contribution is 5.95. The SMILES string of the molecule is CCOC(=O)N1CCC(NC(=O)c2c(C)cc(C3CCCNC3)oc2=O)CC1. The van der Waals surface area contributed by atoms with Gasteiger partial charge in [0.15, 0.2) is 0 Å². The van der Waals surface area contributed by atoms with Crippen LogP contribution < -0.4 is 16.3 Å². The standard InChI is InChI=1S/C20H29N3O5/c1-3-27-20(26)23-9-6-15(7-10-23)22-18(24)17-13(2)11-16(28-19(17)25)14-5-4-8-21-12-14/h11,14-15,21H,3-10,12H2,1-2H3,(H,22,24). The van der Waals surface area contributed by atoms with Gasteiger partial charge in [0.1, 0.15) is 11.3 Å². The van der Waals surface area contributed by atoms with E-state index in [1.54, 1.807) is 18.7 Å². The maximum absolute atomic E-state index is 12.7. The molecule has 1 atom stereocenters. The van der Waals surface area contributed by atoms with E-state index < -0.39 is 11.5 Å². The van der Waals surface area contributed by atoms with E-state index in [4.69, 9.17) is 9.15 Å². The van der Waals surface area contributed by atoms with E-state index in [0.29, 0.717) is 43.9 Å². The van der Waals surface area contributed by atoms with E-state index in [1.165, 1.54) is 0 Å². The molecule has 1 unspecified atom stereocenters. The molecule has 154 valence electrons. The summed E-state index contributed by atoms with van der Waals surface area (Å²) in [6.45, 7) is 6.69. The fraction of sp³-hybridized carbons (Fsp3) is 0.650. The molecule has 0 radical (unpaired) electrons. The third-order valence-electron chi connectivity index (χ3n) is 5.45. The number of nitrogens with zero attached hydrogens (tertiary/aromatic N) is 1. The Morgan fingerprint density at radius 3 is 2.68 bits per heavy atom. The molecule has 0 aromatic carbocycles. The fourth-order valence-electron chi connectivity index (χ4n) is 3.88. The molecule has 28 heavy (non-hydrogen) atoms. The van der Waals surface area contributed by atoms with Crippen molar-refractivity contribution in [3.63, 3.8) is 0 Å². The highest BCUT2D eigenvalue weighted by Gasteiger charge is 2.27. The van der Waals surface area contributed by atoms with Crippen LogP contribution in [0.4, 0.5) is 4.79 Å². The molecule has 3 heterocycles. The lowest BCUT2D eigenvalue weighted by Gasteiger charge is -2.31. The molecule has 2 amide bonds. The molecule has 2 saturated heterocycles. The largest absolute Gasteiger partial charge is 0.450 e. The second-order valence-electron chi connectivity index (χ2n) is 7.47. The molecular formula is C20H29N3O5. The van der Waals surface area contributed by atoms with Crippen LogP contribution in [0.3, 0.4) is 0 Å². The fourth-order valence-corrected chi connectivity index (χ4v) is 3.88. The summed E-state index contributed by atoms with van der Waals surface area (Å²) in [5.74, 6) is 0.410. The predicted octanol–water partition coefficient (Wildman–Crippen LogP) is 1.77. The van der Waals surface area contributed by atoms with Crippen molar-refractivity contribution in [2.75, 3.05) is 32.8 Å². The van der Waals surface area contributed by atoms with Crippen molar-refractivity contribution in [2.45, 2.75) is 51.5 Å². The zero-order valence-electron chi connectivity index (χ0n) is 16.6. The summed E-state index contributed by atoms with van der Waals surface area (Å²) in [6, 6.07) is 1.73. The van der Waals surface area contributed by atoms with Gasteiger partial charge in [0.25, 0.3) is 5.91 Å². The average molecular weight is 391 g/mol. The maximum Gasteiger partial charge on any atom is 0.409 e. The molecule has 8 nitrogen and oxygen atoms in total. The monoisotopic (exact) mass is 391 g/mol. The number of hydrogen-bond acceptors (Lipinski definition) is 6. The van der Waals surface area contributed by atoms with Gasteiger partial charge < -0.3 is 24.7 Å². The number of nitrogens with one attached hydrogen (secondary N) is 2. The molecular weight excluding hydrogens is 362 g/mol. The molecule has 1 aromatic heterocycles. The van der Waals surface area contributed by atoms with Gasteiger partial charge in [-0.2, -0.15) is 0 Å². The summed E-state index contributed by atoms with van der Waals surface area (Å²) >= 11 is 0. The number of amides is 2. The minimum Gasteiger partial charge on any atom is -0.450 e. The summed E-state index contributed by atoms with van der Waals surface area (Å²) in [4.78, 5) is 38.5. The van der Waals surface area contributed by atoms with Gasteiger partial charge in [-0.3, -0.25) is 4.79 Å². The van der Waals surface area contributed by atoms with Crippen molar-refractivity contribution in [3.8, 4) is 0 Å². The minimum atomic E-state index is -0.581. The Kier molecular flexibility index (Phi) is 6.72. The van der Waals surface area contributed by atoms with Crippen LogP contribution >= 0.6 is 0 Å². The predicted molar refractivity (Wildman–Crippen MR) is 104 cm³/mol. The molecule has 2 aliphatic rings. The lowest BCUT2D eigenvalue weighted by atomic mass is 9.95. The van der Waals surface area contributed by atoms with Crippen molar-refractivity contribution < 1.29 is 18.7 Å². The van der Waals surface area contributed by atoms with Crippen LogP contribution in [0.25, 0.3) is 0 Å². The number of carbonyl (C=O) groups excluding carboxylic acids is 2. The van der Waals surface area contributed by atoms with Gasteiger partial charge in [0.05, 0.1) is 6.61 Å². The Labute approximate surface area is 164 Å². The molecule has 3 rings (SSSR count). The number of carbonyl (C=O) groups is 2. The van der Waals surface area contributed by atoms with E-state index >= 15 is 0 Å². The first kappa shape index (κ1) is 20.4. The first-order valence-corrected chi connectivity index (χ1v) is 10.1. The van der Waals surface area contributed by atoms with Crippen LogP contribution in [0.15, 0.2) is 15.3 Å². The van der Waals surface area contributed by atoms with Crippen LogP contribution in [0.2, 0.25) is 0 Å². The molecule has 2 fully saturated rings. The average Bonchev–Trinajstić information content (AvgIpc) is 2.69. The summed E-state index contributed by atoms with van der Waals surface area (Å²) in [7, 11) is 0.